The molecule has 2 aromatic rings. The highest BCUT2D eigenvalue weighted by Crippen LogP contribution is 2.29. The predicted molar refractivity (Wildman–Crippen MR) is 84.9 cm³/mol. The molecule has 0 aliphatic heterocycles. The molecule has 0 saturated heterocycles. The maximum Gasteiger partial charge on any atom is 0.319 e. The summed E-state index contributed by atoms with van der Waals surface area (Å²) in [5.41, 5.74) is 1.83. The van der Waals surface area contributed by atoms with Gasteiger partial charge in [-0.15, -0.1) is 10.2 Å². The second kappa shape index (κ2) is 6.37. The van der Waals surface area contributed by atoms with Gasteiger partial charge in [-0.05, 0) is 37.5 Å². The molecular formula is C16H20N4O3. The zero-order valence-corrected chi connectivity index (χ0v) is 13.0. The summed E-state index contributed by atoms with van der Waals surface area (Å²) in [4.78, 5) is 12.3. The predicted octanol–water partition coefficient (Wildman–Crippen LogP) is 2.47. The fourth-order valence-electron chi connectivity index (χ4n) is 2.96. The molecule has 1 aromatic heterocycles. The number of benzene rings is 1. The summed E-state index contributed by atoms with van der Waals surface area (Å²) in [6, 6.07) is 5.22. The number of aliphatic hydroxyl groups is 1. The van der Waals surface area contributed by atoms with Gasteiger partial charge in [0.25, 0.3) is 0 Å². The Bertz CT molecular complexity index is 679. The topological polar surface area (TPSA) is 100 Å². The van der Waals surface area contributed by atoms with Gasteiger partial charge in [0.1, 0.15) is 0 Å². The molecule has 1 aromatic carbocycles. The first-order chi connectivity index (χ1) is 11.1. The van der Waals surface area contributed by atoms with E-state index in [-0.39, 0.29) is 12.6 Å². The summed E-state index contributed by atoms with van der Waals surface area (Å²) in [6.45, 7) is 1.87. The zero-order valence-electron chi connectivity index (χ0n) is 13.0. The maximum absolute atomic E-state index is 12.3. The van der Waals surface area contributed by atoms with Gasteiger partial charge >= 0.3 is 6.03 Å². The smallest absolute Gasteiger partial charge is 0.319 e. The zero-order chi connectivity index (χ0) is 16.3. The molecule has 122 valence electrons. The van der Waals surface area contributed by atoms with E-state index in [1.54, 1.807) is 6.07 Å². The van der Waals surface area contributed by atoms with Crippen LogP contribution in [-0.4, -0.2) is 33.5 Å². The number of rotatable bonds is 4. The van der Waals surface area contributed by atoms with Crippen LogP contribution in [0.25, 0.3) is 11.5 Å². The first-order valence-electron chi connectivity index (χ1n) is 7.69. The second-order valence-corrected chi connectivity index (χ2v) is 6.00. The van der Waals surface area contributed by atoms with Crippen molar-refractivity contribution in [2.75, 3.05) is 11.9 Å². The molecule has 0 unspecified atom stereocenters. The van der Waals surface area contributed by atoms with Gasteiger partial charge in [-0.1, -0.05) is 18.9 Å². The molecular weight excluding hydrogens is 296 g/mol. The lowest BCUT2D eigenvalue weighted by Crippen LogP contribution is -2.50. The molecule has 1 aliphatic carbocycles. The molecule has 1 heterocycles. The number of anilines is 1. The fraction of sp³-hybridized carbons (Fsp3) is 0.438. The highest BCUT2D eigenvalue weighted by Gasteiger charge is 2.34. The van der Waals surface area contributed by atoms with Crippen LogP contribution in [0.1, 0.15) is 31.2 Å². The minimum Gasteiger partial charge on any atom is -0.423 e. The largest absolute Gasteiger partial charge is 0.423 e. The van der Waals surface area contributed by atoms with Gasteiger partial charge in [-0.3, -0.25) is 0 Å². The third kappa shape index (κ3) is 3.34. The Hall–Kier alpha value is -2.41. The van der Waals surface area contributed by atoms with Gasteiger partial charge in [0.2, 0.25) is 12.3 Å². The Morgan fingerprint density at radius 1 is 1.39 bits per heavy atom. The third-order valence-electron chi connectivity index (χ3n) is 4.33. The van der Waals surface area contributed by atoms with Gasteiger partial charge in [-0.2, -0.15) is 0 Å². The monoisotopic (exact) mass is 316 g/mol. The van der Waals surface area contributed by atoms with Gasteiger partial charge in [0, 0.05) is 11.3 Å². The van der Waals surface area contributed by atoms with Gasteiger partial charge in [-0.25, -0.2) is 4.79 Å². The Labute approximate surface area is 134 Å². The SMILES string of the molecule is Cc1ccc(-c2nnco2)cc1NC(=O)NC1(CO)CCCC1. The summed E-state index contributed by atoms with van der Waals surface area (Å²) in [6.07, 6.45) is 4.91. The maximum atomic E-state index is 12.3. The normalized spacial score (nSPS) is 16.3. The number of hydrogen-bond donors (Lipinski definition) is 3. The van der Waals surface area contributed by atoms with E-state index < -0.39 is 5.54 Å². The van der Waals surface area contributed by atoms with Crippen molar-refractivity contribution in [2.24, 2.45) is 0 Å². The molecule has 1 saturated carbocycles. The molecule has 0 spiro atoms. The molecule has 23 heavy (non-hydrogen) atoms. The molecule has 0 atom stereocenters. The van der Waals surface area contributed by atoms with Gasteiger partial charge < -0.3 is 20.2 Å². The highest BCUT2D eigenvalue weighted by molar-refractivity contribution is 5.91. The van der Waals surface area contributed by atoms with E-state index in [2.05, 4.69) is 20.8 Å². The number of aromatic nitrogens is 2. The number of carbonyl (C=O) groups excluding carboxylic acids is 1. The quantitative estimate of drug-likeness (QED) is 0.804. The van der Waals surface area contributed by atoms with E-state index in [1.165, 1.54) is 6.39 Å². The van der Waals surface area contributed by atoms with Crippen molar-refractivity contribution in [1.29, 1.82) is 0 Å². The van der Waals surface area contributed by atoms with Gasteiger partial charge in [0.05, 0.1) is 12.1 Å². The Kier molecular flexibility index (Phi) is 4.29. The molecule has 7 heteroatoms. The molecule has 1 fully saturated rings. The average molecular weight is 316 g/mol. The van der Waals surface area contributed by atoms with Gasteiger partial charge in [0.15, 0.2) is 0 Å². The number of nitrogens with one attached hydrogen (secondary N) is 2. The van der Waals surface area contributed by atoms with E-state index in [0.29, 0.717) is 11.6 Å². The minimum absolute atomic E-state index is 0.0403. The van der Waals surface area contributed by atoms with Crippen LogP contribution in [-0.2, 0) is 0 Å². The van der Waals surface area contributed by atoms with Crippen molar-refractivity contribution in [3.63, 3.8) is 0 Å². The number of aliphatic hydroxyl groups excluding tert-OH is 1. The van der Waals surface area contributed by atoms with Crippen LogP contribution in [0.2, 0.25) is 0 Å². The molecule has 2 amide bonds. The first-order valence-corrected chi connectivity index (χ1v) is 7.69. The van der Waals surface area contributed by atoms with Crippen molar-refractivity contribution in [3.05, 3.63) is 30.2 Å². The number of hydrogen-bond acceptors (Lipinski definition) is 5. The molecule has 1 aliphatic rings. The van der Waals surface area contributed by atoms with E-state index in [0.717, 1.165) is 36.8 Å². The van der Waals surface area contributed by atoms with Crippen molar-refractivity contribution < 1.29 is 14.3 Å². The van der Waals surface area contributed by atoms with Crippen LogP contribution < -0.4 is 10.6 Å². The Morgan fingerprint density at radius 2 is 2.17 bits per heavy atom. The first kappa shape index (κ1) is 15.5. The van der Waals surface area contributed by atoms with Crippen LogP contribution in [0.15, 0.2) is 29.0 Å². The standard InChI is InChI=1S/C16H20N4O3/c1-11-4-5-12(14-20-17-10-23-14)8-13(11)18-15(22)19-16(9-21)6-2-3-7-16/h4-5,8,10,21H,2-3,6-7,9H2,1H3,(H2,18,19,22). The lowest BCUT2D eigenvalue weighted by atomic mass is 9.99. The van der Waals surface area contributed by atoms with E-state index in [1.807, 2.05) is 19.1 Å². The summed E-state index contributed by atoms with van der Waals surface area (Å²) < 4.78 is 5.18. The van der Waals surface area contributed by atoms with Crippen molar-refractivity contribution in [2.45, 2.75) is 38.1 Å². The second-order valence-electron chi connectivity index (χ2n) is 6.00. The number of aryl methyl sites for hydroxylation is 1. The van der Waals surface area contributed by atoms with Crippen LogP contribution in [0.5, 0.6) is 0 Å². The molecule has 0 radical (unpaired) electrons. The van der Waals surface area contributed by atoms with E-state index in [9.17, 15) is 9.90 Å². The lowest BCUT2D eigenvalue weighted by Gasteiger charge is -2.28. The molecule has 3 N–H and O–H groups in total. The van der Waals surface area contributed by atoms with Crippen LogP contribution in [0, 0.1) is 6.92 Å². The number of carbonyl (C=O) groups is 1. The van der Waals surface area contributed by atoms with E-state index in [4.69, 9.17) is 4.42 Å². The average Bonchev–Trinajstić information content (AvgIpc) is 3.21. The number of amides is 2. The summed E-state index contributed by atoms with van der Waals surface area (Å²) >= 11 is 0. The van der Waals surface area contributed by atoms with Crippen molar-refractivity contribution in [1.82, 2.24) is 15.5 Å². The fourth-order valence-corrected chi connectivity index (χ4v) is 2.96. The molecule has 3 rings (SSSR count). The number of nitrogens with zero attached hydrogens (tertiary/aromatic N) is 2. The molecule has 0 bridgehead atoms. The highest BCUT2D eigenvalue weighted by atomic mass is 16.4. The van der Waals surface area contributed by atoms with Crippen LogP contribution in [0.3, 0.4) is 0 Å². The lowest BCUT2D eigenvalue weighted by molar-refractivity contribution is 0.167. The summed E-state index contributed by atoms with van der Waals surface area (Å²) in [5.74, 6) is 0.399. The summed E-state index contributed by atoms with van der Waals surface area (Å²) in [7, 11) is 0. The van der Waals surface area contributed by atoms with Crippen LogP contribution in [0.4, 0.5) is 10.5 Å². The summed E-state index contributed by atoms with van der Waals surface area (Å²) in [5, 5.41) is 22.9. The minimum atomic E-state index is -0.498. The van der Waals surface area contributed by atoms with Crippen molar-refractivity contribution >= 4 is 11.7 Å². The van der Waals surface area contributed by atoms with Crippen molar-refractivity contribution in [3.8, 4) is 11.5 Å². The molecule has 7 nitrogen and oxygen atoms in total. The third-order valence-corrected chi connectivity index (χ3v) is 4.33. The Morgan fingerprint density at radius 3 is 2.83 bits per heavy atom. The van der Waals surface area contributed by atoms with Crippen LogP contribution >= 0.6 is 0 Å². The Balaban J connectivity index is 1.74. The number of urea groups is 1. The van der Waals surface area contributed by atoms with E-state index >= 15 is 0 Å².